The molecule has 0 saturated heterocycles. The van der Waals surface area contributed by atoms with Gasteiger partial charge in [-0.2, -0.15) is 4.31 Å². The molecule has 1 aromatic rings. The van der Waals surface area contributed by atoms with E-state index in [1.807, 2.05) is 0 Å². The standard InChI is InChI=1S/C15H21BrClNO2S/c1-11-3-6-13(7-4-11)18(2)21(19,20)15-8-5-12(10-17)9-14(15)16/h5,8-9,11,13H,3-4,6-7,10H2,1-2H3. The third-order valence-electron chi connectivity index (χ3n) is 4.31. The van der Waals surface area contributed by atoms with E-state index < -0.39 is 10.0 Å². The molecule has 0 unspecified atom stereocenters. The zero-order valence-electron chi connectivity index (χ0n) is 12.4. The summed E-state index contributed by atoms with van der Waals surface area (Å²) in [6.07, 6.45) is 4.07. The van der Waals surface area contributed by atoms with Gasteiger partial charge in [-0.25, -0.2) is 8.42 Å². The molecule has 118 valence electrons. The molecule has 1 aliphatic rings. The predicted molar refractivity (Wildman–Crippen MR) is 90.1 cm³/mol. The first-order valence-corrected chi connectivity index (χ1v) is 9.95. The highest BCUT2D eigenvalue weighted by Gasteiger charge is 2.31. The van der Waals surface area contributed by atoms with Gasteiger partial charge in [0, 0.05) is 23.4 Å². The Bertz CT molecular complexity index is 598. The number of nitrogens with zero attached hydrogens (tertiary/aromatic N) is 1. The number of hydrogen-bond donors (Lipinski definition) is 0. The summed E-state index contributed by atoms with van der Waals surface area (Å²) in [5.41, 5.74) is 0.900. The minimum absolute atomic E-state index is 0.103. The SMILES string of the molecule is CC1CCC(N(C)S(=O)(=O)c2ccc(CCl)cc2Br)CC1. The van der Waals surface area contributed by atoms with Crippen LogP contribution in [-0.4, -0.2) is 25.8 Å². The van der Waals surface area contributed by atoms with E-state index in [-0.39, 0.29) is 6.04 Å². The van der Waals surface area contributed by atoms with Crippen molar-refractivity contribution >= 4 is 37.6 Å². The van der Waals surface area contributed by atoms with E-state index in [0.29, 0.717) is 21.2 Å². The molecule has 21 heavy (non-hydrogen) atoms. The Morgan fingerprint density at radius 3 is 2.43 bits per heavy atom. The quantitative estimate of drug-likeness (QED) is 0.710. The van der Waals surface area contributed by atoms with Crippen molar-refractivity contribution in [1.82, 2.24) is 4.31 Å². The van der Waals surface area contributed by atoms with Crippen LogP contribution in [0.1, 0.15) is 38.2 Å². The zero-order valence-corrected chi connectivity index (χ0v) is 15.5. The Hall–Kier alpha value is -0.100. The van der Waals surface area contributed by atoms with Crippen LogP contribution in [0.5, 0.6) is 0 Å². The minimum Gasteiger partial charge on any atom is -0.207 e. The van der Waals surface area contributed by atoms with Crippen molar-refractivity contribution < 1.29 is 8.42 Å². The van der Waals surface area contributed by atoms with E-state index in [4.69, 9.17) is 11.6 Å². The summed E-state index contributed by atoms with van der Waals surface area (Å²) in [7, 11) is -1.78. The molecule has 0 N–H and O–H groups in total. The highest BCUT2D eigenvalue weighted by molar-refractivity contribution is 9.10. The monoisotopic (exact) mass is 393 g/mol. The summed E-state index contributed by atoms with van der Waals surface area (Å²) < 4.78 is 27.7. The van der Waals surface area contributed by atoms with E-state index in [1.54, 1.807) is 29.6 Å². The molecule has 3 nitrogen and oxygen atoms in total. The summed E-state index contributed by atoms with van der Waals surface area (Å²) in [4.78, 5) is 0.317. The number of alkyl halides is 1. The first-order chi connectivity index (χ1) is 9.86. The van der Waals surface area contributed by atoms with Gasteiger partial charge in [0.1, 0.15) is 0 Å². The molecule has 0 aromatic heterocycles. The lowest BCUT2D eigenvalue weighted by Gasteiger charge is -2.33. The van der Waals surface area contributed by atoms with Gasteiger partial charge < -0.3 is 0 Å². The molecule has 6 heteroatoms. The van der Waals surface area contributed by atoms with Gasteiger partial charge in [-0.3, -0.25) is 0 Å². The first kappa shape index (κ1) is 17.3. The molecule has 0 heterocycles. The van der Waals surface area contributed by atoms with E-state index in [2.05, 4.69) is 22.9 Å². The lowest BCUT2D eigenvalue weighted by Crippen LogP contribution is -2.39. The molecule has 0 spiro atoms. The van der Waals surface area contributed by atoms with Crippen molar-refractivity contribution in [2.45, 2.75) is 49.4 Å². The van der Waals surface area contributed by atoms with Crippen molar-refractivity contribution in [3.63, 3.8) is 0 Å². The van der Waals surface area contributed by atoms with Crippen molar-refractivity contribution in [3.05, 3.63) is 28.2 Å². The van der Waals surface area contributed by atoms with Gasteiger partial charge in [0.15, 0.2) is 0 Å². The van der Waals surface area contributed by atoms with Gasteiger partial charge in [0.2, 0.25) is 10.0 Å². The van der Waals surface area contributed by atoms with Crippen LogP contribution in [0.3, 0.4) is 0 Å². The Labute approximate surface area is 140 Å². The summed E-state index contributed by atoms with van der Waals surface area (Å²) >= 11 is 9.14. The third kappa shape index (κ3) is 3.81. The van der Waals surface area contributed by atoms with Crippen LogP contribution in [0.2, 0.25) is 0 Å². The molecule has 0 amide bonds. The van der Waals surface area contributed by atoms with Gasteiger partial charge in [0.25, 0.3) is 0 Å². The Balaban J connectivity index is 2.25. The van der Waals surface area contributed by atoms with Crippen LogP contribution in [-0.2, 0) is 15.9 Å². The molecule has 0 atom stereocenters. The van der Waals surface area contributed by atoms with Crippen LogP contribution in [0.25, 0.3) is 0 Å². The smallest absolute Gasteiger partial charge is 0.207 e. The Morgan fingerprint density at radius 1 is 1.29 bits per heavy atom. The van der Waals surface area contributed by atoms with Gasteiger partial charge in [0.05, 0.1) is 4.90 Å². The molecule has 1 aliphatic carbocycles. The molecule has 0 bridgehead atoms. The molecule has 0 radical (unpaired) electrons. The second-order valence-corrected chi connectivity index (χ2v) is 8.92. The summed E-state index contributed by atoms with van der Waals surface area (Å²) in [6, 6.07) is 5.28. The normalized spacial score (nSPS) is 23.5. The Kier molecular flexibility index (Phi) is 5.74. The molecule has 1 fully saturated rings. The average Bonchev–Trinajstić information content (AvgIpc) is 2.46. The highest BCUT2D eigenvalue weighted by Crippen LogP contribution is 2.32. The van der Waals surface area contributed by atoms with Crippen LogP contribution < -0.4 is 0 Å². The fraction of sp³-hybridized carbons (Fsp3) is 0.600. The highest BCUT2D eigenvalue weighted by atomic mass is 79.9. The lowest BCUT2D eigenvalue weighted by molar-refractivity contribution is 0.246. The second kappa shape index (κ2) is 6.99. The third-order valence-corrected chi connectivity index (χ3v) is 7.50. The van der Waals surface area contributed by atoms with Crippen molar-refractivity contribution in [2.75, 3.05) is 7.05 Å². The van der Waals surface area contributed by atoms with Crippen LogP contribution in [0, 0.1) is 5.92 Å². The second-order valence-electron chi connectivity index (χ2n) is 5.83. The fourth-order valence-corrected chi connectivity index (χ4v) is 5.46. The fourth-order valence-electron chi connectivity index (χ4n) is 2.79. The predicted octanol–water partition coefficient (Wildman–Crippen LogP) is 4.39. The maximum Gasteiger partial charge on any atom is 0.244 e. The average molecular weight is 395 g/mol. The van der Waals surface area contributed by atoms with Crippen LogP contribution >= 0.6 is 27.5 Å². The molecule has 2 rings (SSSR count). The van der Waals surface area contributed by atoms with Gasteiger partial charge in [-0.15, -0.1) is 11.6 Å². The van der Waals surface area contributed by atoms with Crippen LogP contribution in [0.4, 0.5) is 0 Å². The largest absolute Gasteiger partial charge is 0.244 e. The molecular formula is C15H21BrClNO2S. The molecule has 0 aliphatic heterocycles. The maximum atomic E-state index is 12.8. The summed E-state index contributed by atoms with van der Waals surface area (Å²) in [6.45, 7) is 2.23. The van der Waals surface area contributed by atoms with E-state index >= 15 is 0 Å². The van der Waals surface area contributed by atoms with Gasteiger partial charge >= 0.3 is 0 Å². The molecule has 1 aromatic carbocycles. The van der Waals surface area contributed by atoms with E-state index in [0.717, 1.165) is 31.2 Å². The zero-order chi connectivity index (χ0) is 15.6. The number of halogens is 2. The number of sulfonamides is 1. The van der Waals surface area contributed by atoms with Gasteiger partial charge in [-0.05, 0) is 65.2 Å². The number of rotatable bonds is 4. The summed E-state index contributed by atoms with van der Waals surface area (Å²) in [5.74, 6) is 1.07. The molecule has 1 saturated carbocycles. The topological polar surface area (TPSA) is 37.4 Å². The van der Waals surface area contributed by atoms with E-state index in [1.165, 1.54) is 0 Å². The number of benzene rings is 1. The van der Waals surface area contributed by atoms with Crippen LogP contribution in [0.15, 0.2) is 27.6 Å². The van der Waals surface area contributed by atoms with E-state index in [9.17, 15) is 8.42 Å². The van der Waals surface area contributed by atoms with Crippen molar-refractivity contribution in [2.24, 2.45) is 5.92 Å². The molecular weight excluding hydrogens is 374 g/mol. The first-order valence-electron chi connectivity index (χ1n) is 7.18. The van der Waals surface area contributed by atoms with Crippen molar-refractivity contribution in [1.29, 1.82) is 0 Å². The van der Waals surface area contributed by atoms with Crippen molar-refractivity contribution in [3.8, 4) is 0 Å². The summed E-state index contributed by atoms with van der Waals surface area (Å²) in [5, 5.41) is 0. The lowest BCUT2D eigenvalue weighted by atomic mass is 9.87. The number of hydrogen-bond acceptors (Lipinski definition) is 2. The van der Waals surface area contributed by atoms with Gasteiger partial charge in [-0.1, -0.05) is 13.0 Å². The Morgan fingerprint density at radius 2 is 1.90 bits per heavy atom. The minimum atomic E-state index is -3.47. The maximum absolute atomic E-state index is 12.8.